The Kier molecular flexibility index (Phi) is 5.13. The molecule has 28 heavy (non-hydrogen) atoms. The van der Waals surface area contributed by atoms with Crippen LogP contribution in [0.4, 0.5) is 5.69 Å². The number of fused-ring (bicyclic) bond motifs is 1. The standard InChI is InChI=1S/C23H20ClN3O/c1-2-16-5-11-21(12-6-16)26-23(28)18-7-8-19-14-25-27(22(19)13-18)15-17-3-9-20(24)10-4-17/h3-14H,2,15H2,1H3,(H,26,28). The Morgan fingerprint density at radius 3 is 2.43 bits per heavy atom. The molecule has 0 spiro atoms. The molecule has 0 aliphatic carbocycles. The zero-order valence-electron chi connectivity index (χ0n) is 15.5. The lowest BCUT2D eigenvalue weighted by atomic mass is 10.1. The highest BCUT2D eigenvalue weighted by atomic mass is 35.5. The minimum Gasteiger partial charge on any atom is -0.322 e. The summed E-state index contributed by atoms with van der Waals surface area (Å²) in [4.78, 5) is 12.7. The van der Waals surface area contributed by atoms with E-state index in [0.29, 0.717) is 17.1 Å². The number of aryl methyl sites for hydroxylation is 1. The number of halogens is 1. The van der Waals surface area contributed by atoms with Crippen LogP contribution in [0.25, 0.3) is 10.9 Å². The molecule has 5 heteroatoms. The third kappa shape index (κ3) is 3.92. The Balaban J connectivity index is 1.57. The number of nitrogens with zero attached hydrogens (tertiary/aromatic N) is 2. The summed E-state index contributed by atoms with van der Waals surface area (Å²) in [6.45, 7) is 2.72. The van der Waals surface area contributed by atoms with Gasteiger partial charge in [0, 0.05) is 21.7 Å². The van der Waals surface area contributed by atoms with Gasteiger partial charge in [0.2, 0.25) is 0 Å². The molecule has 4 nitrogen and oxygen atoms in total. The van der Waals surface area contributed by atoms with Gasteiger partial charge in [-0.3, -0.25) is 9.48 Å². The lowest BCUT2D eigenvalue weighted by Gasteiger charge is -2.08. The Hall–Kier alpha value is -3.11. The summed E-state index contributed by atoms with van der Waals surface area (Å²) in [6, 6.07) is 21.2. The first-order chi connectivity index (χ1) is 13.6. The second kappa shape index (κ2) is 7.87. The summed E-state index contributed by atoms with van der Waals surface area (Å²) >= 11 is 5.96. The third-order valence-electron chi connectivity index (χ3n) is 4.77. The molecule has 1 N–H and O–H groups in total. The van der Waals surface area contributed by atoms with Gasteiger partial charge in [0.25, 0.3) is 5.91 Å². The fraction of sp³-hybridized carbons (Fsp3) is 0.130. The lowest BCUT2D eigenvalue weighted by Crippen LogP contribution is -2.12. The SMILES string of the molecule is CCc1ccc(NC(=O)c2ccc3cnn(Cc4ccc(Cl)cc4)c3c2)cc1. The van der Waals surface area contributed by atoms with Gasteiger partial charge in [-0.05, 0) is 53.9 Å². The number of hydrogen-bond acceptors (Lipinski definition) is 2. The van der Waals surface area contributed by atoms with Gasteiger partial charge in [0.15, 0.2) is 0 Å². The maximum Gasteiger partial charge on any atom is 0.255 e. The maximum absolute atomic E-state index is 12.7. The molecule has 4 rings (SSSR count). The lowest BCUT2D eigenvalue weighted by molar-refractivity contribution is 0.102. The molecular weight excluding hydrogens is 370 g/mol. The van der Waals surface area contributed by atoms with Crippen molar-refractivity contribution < 1.29 is 4.79 Å². The minimum absolute atomic E-state index is 0.134. The zero-order valence-corrected chi connectivity index (χ0v) is 16.3. The van der Waals surface area contributed by atoms with Crippen molar-refractivity contribution in [2.45, 2.75) is 19.9 Å². The normalized spacial score (nSPS) is 10.9. The summed E-state index contributed by atoms with van der Waals surface area (Å²) in [7, 11) is 0. The second-order valence-corrected chi connectivity index (χ2v) is 7.14. The van der Waals surface area contributed by atoms with Gasteiger partial charge in [-0.2, -0.15) is 5.10 Å². The number of benzene rings is 3. The summed E-state index contributed by atoms with van der Waals surface area (Å²) in [5.41, 5.74) is 4.65. The minimum atomic E-state index is -0.134. The van der Waals surface area contributed by atoms with Crippen molar-refractivity contribution >= 4 is 34.1 Å². The largest absolute Gasteiger partial charge is 0.322 e. The van der Waals surface area contributed by atoms with Crippen molar-refractivity contribution in [1.29, 1.82) is 0 Å². The number of rotatable bonds is 5. The summed E-state index contributed by atoms with van der Waals surface area (Å²) in [6.07, 6.45) is 2.79. The monoisotopic (exact) mass is 389 g/mol. The molecule has 0 bridgehead atoms. The molecule has 0 saturated carbocycles. The van der Waals surface area contributed by atoms with Crippen LogP contribution in [0.3, 0.4) is 0 Å². The van der Waals surface area contributed by atoms with Crippen LogP contribution in [0, 0.1) is 0 Å². The second-order valence-electron chi connectivity index (χ2n) is 6.71. The Morgan fingerprint density at radius 1 is 1.00 bits per heavy atom. The Bertz CT molecular complexity index is 1120. The van der Waals surface area contributed by atoms with E-state index in [9.17, 15) is 4.79 Å². The van der Waals surface area contributed by atoms with Crippen LogP contribution >= 0.6 is 11.6 Å². The predicted molar refractivity (Wildman–Crippen MR) is 114 cm³/mol. The highest BCUT2D eigenvalue weighted by molar-refractivity contribution is 6.30. The van der Waals surface area contributed by atoms with E-state index in [2.05, 4.69) is 17.3 Å². The van der Waals surface area contributed by atoms with Crippen LogP contribution in [0.15, 0.2) is 72.9 Å². The maximum atomic E-state index is 12.7. The highest BCUT2D eigenvalue weighted by Gasteiger charge is 2.10. The molecule has 1 heterocycles. The molecule has 1 aromatic heterocycles. The quantitative estimate of drug-likeness (QED) is 0.486. The first kappa shape index (κ1) is 18.3. The highest BCUT2D eigenvalue weighted by Crippen LogP contribution is 2.19. The van der Waals surface area contributed by atoms with Gasteiger partial charge in [0.05, 0.1) is 18.3 Å². The molecule has 0 saturated heterocycles. The molecule has 0 fully saturated rings. The van der Waals surface area contributed by atoms with Crippen LogP contribution in [0.2, 0.25) is 5.02 Å². The molecule has 0 aliphatic heterocycles. The molecule has 0 radical (unpaired) electrons. The molecule has 140 valence electrons. The van der Waals surface area contributed by atoms with Crippen molar-refractivity contribution in [3.63, 3.8) is 0 Å². The molecular formula is C23H20ClN3O. The van der Waals surface area contributed by atoms with E-state index in [1.54, 1.807) is 0 Å². The molecule has 0 unspecified atom stereocenters. The fourth-order valence-electron chi connectivity index (χ4n) is 3.13. The van der Waals surface area contributed by atoms with Crippen LogP contribution in [-0.2, 0) is 13.0 Å². The first-order valence-corrected chi connectivity index (χ1v) is 9.60. The Labute approximate surface area is 168 Å². The average molecular weight is 390 g/mol. The van der Waals surface area contributed by atoms with Gasteiger partial charge >= 0.3 is 0 Å². The van der Waals surface area contributed by atoms with Crippen LogP contribution in [-0.4, -0.2) is 15.7 Å². The van der Waals surface area contributed by atoms with Gasteiger partial charge in [0.1, 0.15) is 0 Å². The van der Waals surface area contributed by atoms with Gasteiger partial charge in [-0.25, -0.2) is 0 Å². The number of hydrogen-bond donors (Lipinski definition) is 1. The van der Waals surface area contributed by atoms with Crippen molar-refractivity contribution in [2.75, 3.05) is 5.32 Å². The fourth-order valence-corrected chi connectivity index (χ4v) is 3.25. The van der Waals surface area contributed by atoms with Crippen LogP contribution in [0.1, 0.15) is 28.4 Å². The summed E-state index contributed by atoms with van der Waals surface area (Å²) in [5, 5.41) is 9.13. The Morgan fingerprint density at radius 2 is 1.71 bits per heavy atom. The van der Waals surface area contributed by atoms with Crippen molar-refractivity contribution in [3.8, 4) is 0 Å². The van der Waals surface area contributed by atoms with Crippen LogP contribution in [0.5, 0.6) is 0 Å². The number of amides is 1. The number of carbonyl (C=O) groups excluding carboxylic acids is 1. The molecule has 0 atom stereocenters. The average Bonchev–Trinajstić information content (AvgIpc) is 3.12. The predicted octanol–water partition coefficient (Wildman–Crippen LogP) is 5.55. The summed E-state index contributed by atoms with van der Waals surface area (Å²) in [5.74, 6) is -0.134. The molecule has 1 amide bonds. The van der Waals surface area contributed by atoms with E-state index < -0.39 is 0 Å². The first-order valence-electron chi connectivity index (χ1n) is 9.22. The molecule has 4 aromatic rings. The van der Waals surface area contributed by atoms with Crippen molar-refractivity contribution in [1.82, 2.24) is 9.78 Å². The topological polar surface area (TPSA) is 46.9 Å². The van der Waals surface area contributed by atoms with Gasteiger partial charge in [-0.15, -0.1) is 0 Å². The van der Waals surface area contributed by atoms with Crippen LogP contribution < -0.4 is 5.32 Å². The molecule has 3 aromatic carbocycles. The third-order valence-corrected chi connectivity index (χ3v) is 5.02. The summed E-state index contributed by atoms with van der Waals surface area (Å²) < 4.78 is 1.89. The van der Waals surface area contributed by atoms with E-state index >= 15 is 0 Å². The number of aromatic nitrogens is 2. The van der Waals surface area contributed by atoms with Gasteiger partial charge in [-0.1, -0.05) is 48.9 Å². The smallest absolute Gasteiger partial charge is 0.255 e. The van der Waals surface area contributed by atoms with E-state index in [4.69, 9.17) is 11.6 Å². The zero-order chi connectivity index (χ0) is 19.5. The van der Waals surface area contributed by atoms with E-state index in [1.807, 2.05) is 77.6 Å². The number of anilines is 1. The van der Waals surface area contributed by atoms with E-state index in [0.717, 1.165) is 28.6 Å². The number of carbonyl (C=O) groups is 1. The van der Waals surface area contributed by atoms with Crippen molar-refractivity contribution in [2.24, 2.45) is 0 Å². The van der Waals surface area contributed by atoms with E-state index in [1.165, 1.54) is 5.56 Å². The number of nitrogens with one attached hydrogen (secondary N) is 1. The van der Waals surface area contributed by atoms with Crippen molar-refractivity contribution in [3.05, 3.63) is 94.6 Å². The van der Waals surface area contributed by atoms with E-state index in [-0.39, 0.29) is 5.91 Å². The molecule has 0 aliphatic rings. The van der Waals surface area contributed by atoms with Gasteiger partial charge < -0.3 is 5.32 Å².